The molecule has 0 aromatic carbocycles. The number of aromatic nitrogens is 2. The highest BCUT2D eigenvalue weighted by molar-refractivity contribution is 7.17. The van der Waals surface area contributed by atoms with E-state index in [2.05, 4.69) is 20.6 Å². The van der Waals surface area contributed by atoms with E-state index in [0.29, 0.717) is 48.2 Å². The predicted octanol–water partition coefficient (Wildman–Crippen LogP) is 2.29. The molecule has 0 unspecified atom stereocenters. The first-order chi connectivity index (χ1) is 17.6. The number of aromatic amines is 1. The summed E-state index contributed by atoms with van der Waals surface area (Å²) in [5.41, 5.74) is -0.430. The number of halogens is 2. The SMILES string of the molecule is COC(=O)c1sc(N2CC[C@@H](NC(=O)c3[nH]c(C)c(Cl)c3Cl)[C@@H](OC)C2)nc1C(=O)NC1(OC=O)CC1. The topological polar surface area (TPSA) is 152 Å². The molecule has 0 bridgehead atoms. The number of rotatable bonds is 9. The summed E-state index contributed by atoms with van der Waals surface area (Å²) in [6.07, 6.45) is 0.994. The van der Waals surface area contributed by atoms with Crippen molar-refractivity contribution in [2.24, 2.45) is 0 Å². The Balaban J connectivity index is 1.49. The van der Waals surface area contributed by atoms with Gasteiger partial charge in [0.15, 0.2) is 16.6 Å². The molecule has 0 spiro atoms. The molecule has 2 fully saturated rings. The lowest BCUT2D eigenvalue weighted by Gasteiger charge is -2.37. The molecule has 2 aliphatic rings. The van der Waals surface area contributed by atoms with E-state index in [9.17, 15) is 19.2 Å². The standard InChI is InChI=1S/C22H25Cl2N5O7S/c1-10-13(23)14(24)15(25-10)18(31)26-11-4-7-29(8-12(11)34-2)21-27-16(17(37-21)20(33)35-3)19(32)28-22(5-6-22)36-9-30/h9,11-12,25H,4-8H2,1-3H3,(H,26,31)(H,28,32)/t11-,12+/m1/s1. The van der Waals surface area contributed by atoms with Gasteiger partial charge in [-0.3, -0.25) is 14.4 Å². The van der Waals surface area contributed by atoms with Gasteiger partial charge in [0.1, 0.15) is 10.6 Å². The molecule has 1 saturated heterocycles. The lowest BCUT2D eigenvalue weighted by atomic mass is 10.0. The van der Waals surface area contributed by atoms with E-state index in [1.54, 1.807) is 6.92 Å². The van der Waals surface area contributed by atoms with Crippen LogP contribution in [-0.4, -0.2) is 79.4 Å². The molecule has 15 heteroatoms. The van der Waals surface area contributed by atoms with Crippen LogP contribution in [0.1, 0.15) is 55.6 Å². The van der Waals surface area contributed by atoms with Crippen molar-refractivity contribution < 1.29 is 33.4 Å². The molecule has 37 heavy (non-hydrogen) atoms. The molecule has 2 atom stereocenters. The van der Waals surface area contributed by atoms with E-state index in [-0.39, 0.29) is 33.8 Å². The van der Waals surface area contributed by atoms with Gasteiger partial charge in [0, 0.05) is 38.7 Å². The lowest BCUT2D eigenvalue weighted by Crippen LogP contribution is -2.55. The maximum absolute atomic E-state index is 12.9. The molecule has 4 rings (SSSR count). The zero-order valence-electron chi connectivity index (χ0n) is 20.2. The normalized spacial score (nSPS) is 20.2. The molecule has 0 radical (unpaired) electrons. The fraction of sp³-hybridized carbons (Fsp3) is 0.500. The maximum atomic E-state index is 12.9. The molecule has 1 saturated carbocycles. The molecule has 2 aromatic heterocycles. The highest BCUT2D eigenvalue weighted by Gasteiger charge is 2.48. The summed E-state index contributed by atoms with van der Waals surface area (Å²) in [5, 5.41) is 6.41. The maximum Gasteiger partial charge on any atom is 0.350 e. The quantitative estimate of drug-likeness (QED) is 0.233. The monoisotopic (exact) mass is 573 g/mol. The molecule has 1 aliphatic heterocycles. The Morgan fingerprint density at radius 2 is 1.95 bits per heavy atom. The zero-order valence-corrected chi connectivity index (χ0v) is 22.5. The van der Waals surface area contributed by atoms with Crippen molar-refractivity contribution >= 4 is 63.9 Å². The first-order valence-electron chi connectivity index (χ1n) is 11.3. The number of thiazole rings is 1. The van der Waals surface area contributed by atoms with Crippen LogP contribution < -0.4 is 15.5 Å². The molecule has 2 amide bonds. The van der Waals surface area contributed by atoms with Crippen LogP contribution in [0.15, 0.2) is 0 Å². The van der Waals surface area contributed by atoms with Crippen LogP contribution in [-0.2, 0) is 19.0 Å². The molecule has 3 heterocycles. The van der Waals surface area contributed by atoms with E-state index in [1.165, 1.54) is 14.2 Å². The highest BCUT2D eigenvalue weighted by Crippen LogP contribution is 2.37. The number of hydrogen-bond donors (Lipinski definition) is 3. The van der Waals surface area contributed by atoms with E-state index < -0.39 is 29.6 Å². The van der Waals surface area contributed by atoms with Crippen molar-refractivity contribution in [3.8, 4) is 0 Å². The average molecular weight is 574 g/mol. The Labute approximate surface area is 225 Å². The van der Waals surface area contributed by atoms with E-state index in [1.807, 2.05) is 4.90 Å². The Morgan fingerprint density at radius 1 is 1.22 bits per heavy atom. The van der Waals surface area contributed by atoms with E-state index in [0.717, 1.165) is 11.3 Å². The third kappa shape index (κ3) is 5.54. The average Bonchev–Trinajstić information content (AvgIpc) is 3.39. The van der Waals surface area contributed by atoms with Crippen LogP contribution >= 0.6 is 34.5 Å². The lowest BCUT2D eigenvalue weighted by molar-refractivity contribution is -0.136. The third-order valence-corrected chi connectivity index (χ3v) is 8.29. The number of ether oxygens (including phenoxy) is 3. The predicted molar refractivity (Wildman–Crippen MR) is 134 cm³/mol. The van der Waals surface area contributed by atoms with Crippen LogP contribution in [0.25, 0.3) is 0 Å². The second kappa shape index (κ2) is 10.9. The number of carbonyl (C=O) groups excluding carboxylic acids is 4. The van der Waals surface area contributed by atoms with Crippen molar-refractivity contribution in [2.75, 3.05) is 32.2 Å². The van der Waals surface area contributed by atoms with E-state index in [4.69, 9.17) is 37.4 Å². The summed E-state index contributed by atoms with van der Waals surface area (Å²) in [6.45, 7) is 2.77. The minimum Gasteiger partial charge on any atom is -0.465 e. The molecule has 200 valence electrons. The van der Waals surface area contributed by atoms with Crippen LogP contribution in [0.3, 0.4) is 0 Å². The summed E-state index contributed by atoms with van der Waals surface area (Å²) < 4.78 is 15.4. The van der Waals surface area contributed by atoms with Gasteiger partial charge in [-0.15, -0.1) is 0 Å². The van der Waals surface area contributed by atoms with Crippen molar-refractivity contribution in [1.29, 1.82) is 0 Å². The van der Waals surface area contributed by atoms with Crippen molar-refractivity contribution in [3.63, 3.8) is 0 Å². The van der Waals surface area contributed by atoms with E-state index >= 15 is 0 Å². The number of carbonyl (C=O) groups is 4. The summed E-state index contributed by atoms with van der Waals surface area (Å²) >= 11 is 13.3. The van der Waals surface area contributed by atoms with Gasteiger partial charge in [0.2, 0.25) is 0 Å². The van der Waals surface area contributed by atoms with Crippen LogP contribution in [0.2, 0.25) is 10.0 Å². The molecular formula is C22H25Cl2N5O7S. The smallest absolute Gasteiger partial charge is 0.350 e. The number of H-pyrrole nitrogens is 1. The van der Waals surface area contributed by atoms with Crippen LogP contribution in [0.4, 0.5) is 5.13 Å². The van der Waals surface area contributed by atoms with Gasteiger partial charge in [-0.25, -0.2) is 9.78 Å². The number of amides is 2. The number of methoxy groups -OCH3 is 2. The Hall–Kier alpha value is -2.87. The van der Waals surface area contributed by atoms with Gasteiger partial charge < -0.3 is 34.7 Å². The Kier molecular flexibility index (Phi) is 7.97. The summed E-state index contributed by atoms with van der Waals surface area (Å²) in [7, 11) is 2.74. The second-order valence-corrected chi connectivity index (χ2v) is 10.4. The Morgan fingerprint density at radius 3 is 2.51 bits per heavy atom. The summed E-state index contributed by atoms with van der Waals surface area (Å²) in [6, 6.07) is -0.342. The fourth-order valence-electron chi connectivity index (χ4n) is 4.04. The second-order valence-electron chi connectivity index (χ2n) is 8.67. The molecule has 3 N–H and O–H groups in total. The fourth-order valence-corrected chi connectivity index (χ4v) is 5.47. The number of anilines is 1. The Bertz CT molecular complexity index is 1230. The minimum absolute atomic E-state index is 0.0231. The minimum atomic E-state index is -1.07. The number of nitrogens with zero attached hydrogens (tertiary/aromatic N) is 2. The molecule has 1 aliphatic carbocycles. The van der Waals surface area contributed by atoms with Gasteiger partial charge in [0.25, 0.3) is 18.3 Å². The first kappa shape index (κ1) is 27.2. The van der Waals surface area contributed by atoms with Crippen LogP contribution in [0, 0.1) is 6.92 Å². The number of nitrogens with one attached hydrogen (secondary N) is 3. The van der Waals surface area contributed by atoms with Gasteiger partial charge in [-0.1, -0.05) is 34.5 Å². The zero-order chi connectivity index (χ0) is 26.9. The number of hydrogen-bond acceptors (Lipinski definition) is 10. The molecule has 12 nitrogen and oxygen atoms in total. The van der Waals surface area contributed by atoms with Crippen molar-refractivity contribution in [2.45, 2.75) is 44.1 Å². The van der Waals surface area contributed by atoms with Crippen LogP contribution in [0.5, 0.6) is 0 Å². The number of aryl methyl sites for hydroxylation is 1. The molecular weight excluding hydrogens is 549 g/mol. The number of piperidine rings is 1. The largest absolute Gasteiger partial charge is 0.465 e. The third-order valence-electron chi connectivity index (χ3n) is 6.25. The van der Waals surface area contributed by atoms with Gasteiger partial charge >= 0.3 is 5.97 Å². The first-order valence-corrected chi connectivity index (χ1v) is 12.9. The van der Waals surface area contributed by atoms with Gasteiger partial charge in [-0.05, 0) is 13.3 Å². The van der Waals surface area contributed by atoms with Gasteiger partial charge in [0.05, 0.1) is 29.3 Å². The van der Waals surface area contributed by atoms with Crippen molar-refractivity contribution in [1.82, 2.24) is 20.6 Å². The van der Waals surface area contributed by atoms with Crippen molar-refractivity contribution in [3.05, 3.63) is 32.0 Å². The van der Waals surface area contributed by atoms with Gasteiger partial charge in [-0.2, -0.15) is 0 Å². The number of esters is 1. The summed E-state index contributed by atoms with van der Waals surface area (Å²) in [5.74, 6) is -1.77. The molecule has 2 aromatic rings. The summed E-state index contributed by atoms with van der Waals surface area (Å²) in [4.78, 5) is 58.1. The highest BCUT2D eigenvalue weighted by atomic mass is 35.5.